The quantitative estimate of drug-likeness (QED) is 0.746. The molecule has 160 valence electrons. The van der Waals surface area contributed by atoms with Crippen molar-refractivity contribution in [2.75, 3.05) is 48.9 Å². The van der Waals surface area contributed by atoms with E-state index in [1.807, 2.05) is 17.9 Å². The third-order valence-corrected chi connectivity index (χ3v) is 5.90. The molecule has 0 radical (unpaired) electrons. The van der Waals surface area contributed by atoms with Gasteiger partial charge in [0.15, 0.2) is 11.6 Å². The van der Waals surface area contributed by atoms with Crippen LogP contribution in [0.4, 0.5) is 26.4 Å². The van der Waals surface area contributed by atoms with Gasteiger partial charge in [-0.15, -0.1) is 0 Å². The number of nitrogen functional groups attached to an aromatic ring is 1. The molecule has 2 atom stereocenters. The van der Waals surface area contributed by atoms with Crippen LogP contribution in [0.25, 0.3) is 11.3 Å². The summed E-state index contributed by atoms with van der Waals surface area (Å²) in [7, 11) is 1.68. The molecule has 5 rings (SSSR count). The Balaban J connectivity index is 1.50. The Hall–Kier alpha value is -2.79. The second-order valence-electron chi connectivity index (χ2n) is 8.00. The van der Waals surface area contributed by atoms with Gasteiger partial charge in [0.1, 0.15) is 11.4 Å². The summed E-state index contributed by atoms with van der Waals surface area (Å²) in [6, 6.07) is 3.56. The van der Waals surface area contributed by atoms with Crippen LogP contribution in [0.5, 0.6) is 5.75 Å². The van der Waals surface area contributed by atoms with Crippen molar-refractivity contribution >= 4 is 17.6 Å². The van der Waals surface area contributed by atoms with E-state index < -0.39 is 6.61 Å². The maximum absolute atomic E-state index is 12.7. The smallest absolute Gasteiger partial charge is 0.387 e. The van der Waals surface area contributed by atoms with Crippen LogP contribution in [0.1, 0.15) is 6.92 Å². The van der Waals surface area contributed by atoms with E-state index in [1.54, 1.807) is 7.11 Å². The lowest BCUT2D eigenvalue weighted by Crippen LogP contribution is -2.71. The Morgan fingerprint density at radius 3 is 2.70 bits per heavy atom. The zero-order valence-corrected chi connectivity index (χ0v) is 16.6. The molecular formula is C19H22F2N6O3. The molecule has 3 fully saturated rings. The minimum atomic E-state index is -3.00. The molecule has 0 spiro atoms. The van der Waals surface area contributed by atoms with Crippen molar-refractivity contribution in [3.05, 3.63) is 18.3 Å². The Morgan fingerprint density at radius 2 is 2.10 bits per heavy atom. The predicted octanol–water partition coefficient (Wildman–Crippen LogP) is 1.53. The van der Waals surface area contributed by atoms with E-state index in [2.05, 4.69) is 19.6 Å². The average Bonchev–Trinajstić information content (AvgIpc) is 2.68. The van der Waals surface area contributed by atoms with Crippen LogP contribution in [0, 0.1) is 0 Å². The highest BCUT2D eigenvalue weighted by Crippen LogP contribution is 2.38. The number of pyridine rings is 1. The molecule has 0 aliphatic carbocycles. The third kappa shape index (κ3) is 3.18. The summed E-state index contributed by atoms with van der Waals surface area (Å²) in [6.45, 7) is 1.77. The van der Waals surface area contributed by atoms with Crippen LogP contribution in [0.3, 0.4) is 0 Å². The molecule has 2 aromatic rings. The number of aromatic nitrogens is 3. The van der Waals surface area contributed by atoms with E-state index in [9.17, 15) is 8.78 Å². The van der Waals surface area contributed by atoms with Crippen molar-refractivity contribution in [2.24, 2.45) is 0 Å². The van der Waals surface area contributed by atoms with Crippen molar-refractivity contribution in [1.82, 2.24) is 15.0 Å². The predicted molar refractivity (Wildman–Crippen MR) is 105 cm³/mol. The third-order valence-electron chi connectivity index (χ3n) is 5.90. The van der Waals surface area contributed by atoms with Gasteiger partial charge in [-0.2, -0.15) is 13.8 Å². The van der Waals surface area contributed by atoms with Crippen LogP contribution in [-0.2, 0) is 9.47 Å². The van der Waals surface area contributed by atoms with Crippen LogP contribution in [0.15, 0.2) is 18.3 Å². The largest absolute Gasteiger partial charge is 0.431 e. The Labute approximate surface area is 171 Å². The number of rotatable bonds is 6. The minimum Gasteiger partial charge on any atom is -0.431 e. The lowest BCUT2D eigenvalue weighted by atomic mass is 9.94. The molecule has 2 aromatic heterocycles. The van der Waals surface area contributed by atoms with Crippen molar-refractivity contribution in [1.29, 1.82) is 0 Å². The van der Waals surface area contributed by atoms with Gasteiger partial charge in [-0.3, -0.25) is 0 Å². The van der Waals surface area contributed by atoms with Crippen LogP contribution >= 0.6 is 0 Å². The molecule has 0 aromatic carbocycles. The van der Waals surface area contributed by atoms with Gasteiger partial charge in [0.05, 0.1) is 37.5 Å². The van der Waals surface area contributed by atoms with Gasteiger partial charge in [0, 0.05) is 31.5 Å². The van der Waals surface area contributed by atoms with Gasteiger partial charge in [-0.25, -0.2) is 9.97 Å². The number of ether oxygens (including phenoxy) is 3. The molecule has 0 amide bonds. The zero-order valence-electron chi connectivity index (χ0n) is 16.6. The van der Waals surface area contributed by atoms with Gasteiger partial charge in [0.25, 0.3) is 0 Å². The van der Waals surface area contributed by atoms with Crippen molar-refractivity contribution in [3.63, 3.8) is 0 Å². The summed E-state index contributed by atoms with van der Waals surface area (Å²) in [5.41, 5.74) is 6.49. The first kappa shape index (κ1) is 19.2. The van der Waals surface area contributed by atoms with E-state index in [0.29, 0.717) is 42.9 Å². The van der Waals surface area contributed by atoms with Gasteiger partial charge >= 0.3 is 6.61 Å². The molecule has 9 nitrogen and oxygen atoms in total. The highest BCUT2D eigenvalue weighted by atomic mass is 19.3. The minimum absolute atomic E-state index is 0.107. The van der Waals surface area contributed by atoms with Crippen molar-refractivity contribution < 1.29 is 23.0 Å². The monoisotopic (exact) mass is 420 g/mol. The highest BCUT2D eigenvalue weighted by Gasteiger charge is 2.48. The van der Waals surface area contributed by atoms with E-state index >= 15 is 0 Å². The molecular weight excluding hydrogens is 398 g/mol. The van der Waals surface area contributed by atoms with Gasteiger partial charge < -0.3 is 29.7 Å². The number of morpholine rings is 1. The molecule has 3 aliphatic rings. The Kier molecular flexibility index (Phi) is 4.40. The number of methoxy groups -OCH3 is 1. The molecule has 11 heteroatoms. The highest BCUT2D eigenvalue weighted by molar-refractivity contribution is 5.69. The van der Waals surface area contributed by atoms with Crippen LogP contribution in [-0.4, -0.2) is 72.7 Å². The SMILES string of the molecule is COC1(C)CN(c2nc(-c3cnc(N)c(OC(F)F)c3)cc(N3CC4OC[C@H]43)n2)C1. The fourth-order valence-corrected chi connectivity index (χ4v) is 3.91. The molecule has 1 unspecified atom stereocenters. The number of nitrogens with two attached hydrogens (primary N) is 1. The standard InChI is InChI=1S/C19H22F2N6O3/c1-19(28-2)8-26(9-19)18-24-11(4-15(25-18)27-6-14-12(27)7-29-14)10-3-13(30-17(20)21)16(22)23-5-10/h3-5,12,14,17H,6-9H2,1-2H3,(H2,22,23)/t12-,14?/m1/s1. The van der Waals surface area contributed by atoms with E-state index in [4.69, 9.17) is 20.2 Å². The second kappa shape index (κ2) is 6.88. The number of fused-ring (bicyclic) bond motifs is 1. The number of nitrogens with zero attached hydrogens (tertiary/aromatic N) is 5. The molecule has 30 heavy (non-hydrogen) atoms. The fraction of sp³-hybridized carbons (Fsp3) is 0.526. The molecule has 5 heterocycles. The number of halogens is 2. The lowest BCUT2D eigenvalue weighted by Gasteiger charge is -2.55. The molecule has 3 saturated heterocycles. The molecule has 2 N–H and O–H groups in total. The second-order valence-corrected chi connectivity index (χ2v) is 8.00. The summed E-state index contributed by atoms with van der Waals surface area (Å²) in [6.07, 6.45) is 1.74. The first-order chi connectivity index (χ1) is 14.3. The topological polar surface area (TPSA) is 98.9 Å². The van der Waals surface area contributed by atoms with Crippen molar-refractivity contribution in [3.8, 4) is 17.0 Å². The van der Waals surface area contributed by atoms with E-state index in [0.717, 1.165) is 12.4 Å². The summed E-state index contributed by atoms with van der Waals surface area (Å²) in [5, 5.41) is 0. The molecule has 0 saturated carbocycles. The summed E-state index contributed by atoms with van der Waals surface area (Å²) in [4.78, 5) is 17.6. The van der Waals surface area contributed by atoms with Crippen LogP contribution in [0.2, 0.25) is 0 Å². The van der Waals surface area contributed by atoms with E-state index in [1.165, 1.54) is 12.3 Å². The van der Waals surface area contributed by atoms with Gasteiger partial charge in [-0.1, -0.05) is 0 Å². The zero-order chi connectivity index (χ0) is 21.0. The Bertz CT molecular complexity index is 971. The lowest BCUT2D eigenvalue weighted by molar-refractivity contribution is -0.113. The number of anilines is 3. The van der Waals surface area contributed by atoms with Crippen LogP contribution < -0.4 is 20.3 Å². The molecule has 0 bridgehead atoms. The normalized spacial score (nSPS) is 24.0. The molecule has 3 aliphatic heterocycles. The Morgan fingerprint density at radius 1 is 1.30 bits per heavy atom. The first-order valence-electron chi connectivity index (χ1n) is 9.63. The van der Waals surface area contributed by atoms with Gasteiger partial charge in [0.2, 0.25) is 5.95 Å². The number of hydrogen-bond acceptors (Lipinski definition) is 9. The maximum Gasteiger partial charge on any atom is 0.387 e. The summed E-state index contributed by atoms with van der Waals surface area (Å²) >= 11 is 0. The average molecular weight is 420 g/mol. The fourth-order valence-electron chi connectivity index (χ4n) is 3.91. The first-order valence-corrected chi connectivity index (χ1v) is 9.63. The van der Waals surface area contributed by atoms with Crippen molar-refractivity contribution in [2.45, 2.75) is 31.3 Å². The number of alkyl halides is 2. The summed E-state index contributed by atoms with van der Waals surface area (Å²) < 4.78 is 40.9. The van der Waals surface area contributed by atoms with Gasteiger partial charge in [-0.05, 0) is 13.0 Å². The maximum atomic E-state index is 12.7. The number of hydrogen-bond donors (Lipinski definition) is 1. The van der Waals surface area contributed by atoms with E-state index in [-0.39, 0.29) is 23.3 Å². The summed E-state index contributed by atoms with van der Waals surface area (Å²) in [5.74, 6) is 1.02.